The molecular formula is C2HCl2F3-2. The van der Waals surface area contributed by atoms with Gasteiger partial charge >= 0.3 is 0 Å². The van der Waals surface area contributed by atoms with E-state index in [2.05, 4.69) is 0 Å². The highest BCUT2D eigenvalue weighted by atomic mass is 35.5. The maximum atomic E-state index is 10.2. The van der Waals surface area contributed by atoms with Crippen LogP contribution in [-0.2, 0) is 0 Å². The first kappa shape index (κ1) is 15.7. The average Bonchev–Trinajstić information content (AvgIpc) is 1.38. The van der Waals surface area contributed by atoms with Crippen LogP contribution in [0.3, 0.4) is 0 Å². The van der Waals surface area contributed by atoms with E-state index < -0.39 is 12.4 Å². The quantitative estimate of drug-likeness (QED) is 0.330. The summed E-state index contributed by atoms with van der Waals surface area (Å²) in [5.74, 6) is 0. The molecule has 0 amide bonds. The number of hydrogen-bond acceptors (Lipinski definition) is 0. The molecule has 0 nitrogen and oxygen atoms in total. The zero-order chi connectivity index (χ0) is 4.28. The Morgan fingerprint density at radius 3 is 1.29 bits per heavy atom. The fraction of sp³-hybridized carbons (Fsp3) is 0. The van der Waals surface area contributed by atoms with Crippen LogP contribution >= 0.6 is 0 Å². The zero-order valence-corrected chi connectivity index (χ0v) is 4.48. The molecule has 0 radical (unpaired) electrons. The van der Waals surface area contributed by atoms with Gasteiger partial charge in [0.05, 0.1) is 0 Å². The van der Waals surface area contributed by atoms with Crippen molar-refractivity contribution in [3.63, 3.8) is 0 Å². The highest BCUT2D eigenvalue weighted by molar-refractivity contribution is 4.66. The number of hydrogen-bond donors (Lipinski definition) is 0. The summed E-state index contributed by atoms with van der Waals surface area (Å²) in [4.78, 5) is 0. The Morgan fingerprint density at radius 2 is 1.29 bits per heavy atom. The van der Waals surface area contributed by atoms with E-state index >= 15 is 0 Å². The highest BCUT2D eigenvalue weighted by Crippen LogP contribution is 1.93. The van der Waals surface area contributed by atoms with Crippen LogP contribution in [0.2, 0.25) is 0 Å². The topological polar surface area (TPSA) is 0 Å². The minimum atomic E-state index is -2.29. The van der Waals surface area contributed by atoms with Crippen molar-refractivity contribution in [1.82, 2.24) is 0 Å². The van der Waals surface area contributed by atoms with E-state index in [0.717, 1.165) is 0 Å². The Labute approximate surface area is 51.2 Å². The molecule has 0 aliphatic heterocycles. The maximum Gasteiger partial charge on any atom is 0.298 e. The Morgan fingerprint density at radius 1 is 1.14 bits per heavy atom. The molecule has 0 unspecified atom stereocenters. The Bertz CT molecular complexity index is 48.9. The van der Waals surface area contributed by atoms with E-state index in [1.165, 1.54) is 0 Å². The minimum Gasteiger partial charge on any atom is -1.00 e. The van der Waals surface area contributed by atoms with Gasteiger partial charge in [0.25, 0.3) is 6.08 Å². The first-order valence-electron chi connectivity index (χ1n) is 0.885. The molecule has 0 aromatic rings. The summed E-state index contributed by atoms with van der Waals surface area (Å²) in [5, 5.41) is 0. The van der Waals surface area contributed by atoms with Crippen molar-refractivity contribution in [2.75, 3.05) is 0 Å². The summed E-state index contributed by atoms with van der Waals surface area (Å²) >= 11 is 0. The molecule has 0 aliphatic rings. The predicted octanol–water partition coefficient (Wildman–Crippen LogP) is -4.30. The van der Waals surface area contributed by atoms with Crippen LogP contribution in [-0.4, -0.2) is 0 Å². The first-order chi connectivity index (χ1) is 2.27. The monoisotopic (exact) mass is 152 g/mol. The van der Waals surface area contributed by atoms with Crippen LogP contribution in [0.5, 0.6) is 0 Å². The second kappa shape index (κ2) is 9.44. The zero-order valence-electron chi connectivity index (χ0n) is 2.97. The van der Waals surface area contributed by atoms with Gasteiger partial charge in [0.15, 0.2) is 6.33 Å². The third-order valence-electron chi connectivity index (χ3n) is 0.0825. The largest absolute Gasteiger partial charge is 1.00 e. The molecule has 0 saturated heterocycles. The van der Waals surface area contributed by atoms with E-state index in [1.807, 2.05) is 0 Å². The van der Waals surface area contributed by atoms with E-state index in [1.54, 1.807) is 0 Å². The minimum absolute atomic E-state index is 0. The van der Waals surface area contributed by atoms with Crippen LogP contribution in [0.25, 0.3) is 0 Å². The van der Waals surface area contributed by atoms with Crippen LogP contribution in [0, 0.1) is 0 Å². The van der Waals surface area contributed by atoms with Crippen molar-refractivity contribution in [1.29, 1.82) is 0 Å². The van der Waals surface area contributed by atoms with Crippen molar-refractivity contribution in [3.8, 4) is 0 Å². The van der Waals surface area contributed by atoms with E-state index in [0.29, 0.717) is 0 Å². The van der Waals surface area contributed by atoms with Gasteiger partial charge in [-0.2, -0.15) is 8.78 Å². The summed E-state index contributed by atoms with van der Waals surface area (Å²) in [7, 11) is 0. The molecule has 0 fully saturated rings. The standard InChI is InChI=1S/C2HF3.2ClH/c3-1-2(4)5;;/h1H;2*1H/p-2. The third-order valence-corrected chi connectivity index (χ3v) is 0.0825. The second-order valence-corrected chi connectivity index (χ2v) is 0.399. The summed E-state index contributed by atoms with van der Waals surface area (Å²) in [5.41, 5.74) is 0. The van der Waals surface area contributed by atoms with Crippen molar-refractivity contribution in [2.45, 2.75) is 0 Å². The van der Waals surface area contributed by atoms with Gasteiger partial charge in [0.2, 0.25) is 0 Å². The molecule has 0 spiro atoms. The van der Waals surface area contributed by atoms with Gasteiger partial charge in [-0.15, -0.1) is 0 Å². The Balaban J connectivity index is -0.0000000800. The molecule has 0 aromatic heterocycles. The second-order valence-electron chi connectivity index (χ2n) is 0.399. The fourth-order valence-electron chi connectivity index (χ4n) is 0. The van der Waals surface area contributed by atoms with E-state index in [9.17, 15) is 13.2 Å². The number of halogens is 5. The lowest BCUT2D eigenvalue weighted by atomic mass is 11.1. The van der Waals surface area contributed by atoms with E-state index in [-0.39, 0.29) is 24.8 Å². The molecule has 0 rings (SSSR count). The lowest BCUT2D eigenvalue weighted by Crippen LogP contribution is -3.00. The normalized spacial score (nSPS) is 5.00. The van der Waals surface area contributed by atoms with Crippen molar-refractivity contribution >= 4 is 0 Å². The van der Waals surface area contributed by atoms with Gasteiger partial charge in [-0.1, -0.05) is 0 Å². The highest BCUT2D eigenvalue weighted by Gasteiger charge is 1.78. The lowest BCUT2D eigenvalue weighted by molar-refractivity contribution is -0.001000. The van der Waals surface area contributed by atoms with Gasteiger partial charge in [0, 0.05) is 0 Å². The van der Waals surface area contributed by atoms with Gasteiger partial charge in [-0.3, -0.25) is 0 Å². The average molecular weight is 153 g/mol. The predicted molar refractivity (Wildman–Crippen MR) is 11.4 cm³/mol. The van der Waals surface area contributed by atoms with Gasteiger partial charge in [-0.25, -0.2) is 4.39 Å². The Hall–Kier alpha value is 0.110. The molecule has 0 aliphatic carbocycles. The van der Waals surface area contributed by atoms with Crippen molar-refractivity contribution in [2.24, 2.45) is 0 Å². The summed E-state index contributed by atoms with van der Waals surface area (Å²) in [6.45, 7) is 0. The smallest absolute Gasteiger partial charge is 0.298 e. The van der Waals surface area contributed by atoms with Crippen molar-refractivity contribution in [3.05, 3.63) is 12.4 Å². The van der Waals surface area contributed by atoms with Crippen LogP contribution in [0.1, 0.15) is 0 Å². The molecule has 0 N–H and O–H groups in total. The fourth-order valence-corrected chi connectivity index (χ4v) is 0. The molecular weight excluding hydrogens is 152 g/mol. The molecule has 46 valence electrons. The van der Waals surface area contributed by atoms with Crippen molar-refractivity contribution < 1.29 is 38.0 Å². The molecule has 0 bridgehead atoms. The third kappa shape index (κ3) is 23.2. The van der Waals surface area contributed by atoms with Gasteiger partial charge < -0.3 is 24.8 Å². The summed E-state index contributed by atoms with van der Waals surface area (Å²) < 4.78 is 30.7. The lowest BCUT2D eigenvalue weighted by Gasteiger charge is -1.59. The van der Waals surface area contributed by atoms with Gasteiger partial charge in [0.1, 0.15) is 0 Å². The molecule has 7 heavy (non-hydrogen) atoms. The van der Waals surface area contributed by atoms with E-state index in [4.69, 9.17) is 0 Å². The molecule has 0 aromatic carbocycles. The molecule has 0 atom stereocenters. The SMILES string of the molecule is FC=C(F)F.[Cl-].[Cl-]. The first-order valence-corrected chi connectivity index (χ1v) is 0.885. The summed E-state index contributed by atoms with van der Waals surface area (Å²) in [6.07, 6.45) is -3.04. The molecule has 0 saturated carbocycles. The van der Waals surface area contributed by atoms with Crippen LogP contribution in [0.15, 0.2) is 12.4 Å². The van der Waals surface area contributed by atoms with Crippen LogP contribution in [0.4, 0.5) is 13.2 Å². The maximum absolute atomic E-state index is 10.2. The molecule has 0 heterocycles. The van der Waals surface area contributed by atoms with Crippen LogP contribution < -0.4 is 24.8 Å². The Kier molecular flexibility index (Phi) is 21.2. The summed E-state index contributed by atoms with van der Waals surface area (Å²) in [6, 6.07) is 0. The number of rotatable bonds is 0. The molecule has 5 heteroatoms. The van der Waals surface area contributed by atoms with Gasteiger partial charge in [-0.05, 0) is 0 Å².